The van der Waals surface area contributed by atoms with Crippen LogP contribution in [0.3, 0.4) is 0 Å². The van der Waals surface area contributed by atoms with E-state index in [0.717, 1.165) is 0 Å². The second-order valence-electron chi connectivity index (χ2n) is 0.424. The van der Waals surface area contributed by atoms with Crippen molar-refractivity contribution in [1.82, 2.24) is 0 Å². The van der Waals surface area contributed by atoms with Gasteiger partial charge in [0.05, 0.1) is 0 Å². The molecule has 1 unspecified atom stereocenters. The summed E-state index contributed by atoms with van der Waals surface area (Å²) < 4.78 is 16.8. The maximum atomic E-state index is 9.17. The van der Waals surface area contributed by atoms with Gasteiger partial charge in [0, 0.05) is 0 Å². The van der Waals surface area contributed by atoms with Crippen LogP contribution in [0.5, 0.6) is 0 Å². The Labute approximate surface area is 29.6 Å². The average Bonchev–Trinajstić information content (AvgIpc) is 0.811. The fraction of sp³-hybridized carbons (Fsp3) is 0. The second-order valence-corrected chi connectivity index (χ2v) is 3.37. The monoisotopic (exact) mass is 96.0 g/mol. The molecule has 0 aromatic rings. The molecule has 0 aromatic carbocycles. The predicted octanol–water partition coefficient (Wildman–Crippen LogP) is -1.51. The predicted molar refractivity (Wildman–Crippen MR) is 20.7 cm³/mol. The smallest absolute Gasteiger partial charge is 0.146 e. The summed E-state index contributed by atoms with van der Waals surface area (Å²) in [4.78, 5) is 0. The summed E-state index contributed by atoms with van der Waals surface area (Å²) in [5.41, 5.74) is 0. The Hall–Kier alpha value is 0.327. The first-order valence-corrected chi connectivity index (χ1v) is 4.72. The SMILES string of the molecule is O=S(O)[SiH3]. The molecule has 1 N–H and O–H groups in total. The van der Waals surface area contributed by atoms with Gasteiger partial charge in [-0.15, -0.1) is 0 Å². The Morgan fingerprint density at radius 3 is 2.00 bits per heavy atom. The molecule has 2 nitrogen and oxygen atoms in total. The van der Waals surface area contributed by atoms with Gasteiger partial charge in [-0.25, -0.2) is 4.21 Å². The highest BCUT2D eigenvalue weighted by Gasteiger charge is 1.59. The normalized spacial score (nSPS) is 16.2. The van der Waals surface area contributed by atoms with Gasteiger partial charge in [0.25, 0.3) is 0 Å². The molecule has 0 saturated heterocycles. The van der Waals surface area contributed by atoms with E-state index in [4.69, 9.17) is 4.55 Å². The van der Waals surface area contributed by atoms with Crippen molar-refractivity contribution in [3.63, 3.8) is 0 Å². The summed E-state index contributed by atoms with van der Waals surface area (Å²) in [5, 5.41) is 0. The average molecular weight is 96.2 g/mol. The fourth-order valence-corrected chi connectivity index (χ4v) is 0. The van der Waals surface area contributed by atoms with Crippen molar-refractivity contribution in [3.05, 3.63) is 0 Å². The van der Waals surface area contributed by atoms with Crippen LogP contribution in [0.1, 0.15) is 0 Å². The maximum absolute atomic E-state index is 9.17. The first-order chi connectivity index (χ1) is 1.73. The summed E-state index contributed by atoms with van der Waals surface area (Å²) in [7, 11) is -1.10. The van der Waals surface area contributed by atoms with Crippen LogP contribution < -0.4 is 0 Å². The van der Waals surface area contributed by atoms with Gasteiger partial charge in [0.1, 0.15) is 19.9 Å². The van der Waals surface area contributed by atoms with Crippen LogP contribution in [0.15, 0.2) is 0 Å². The van der Waals surface area contributed by atoms with Gasteiger partial charge in [-0.3, -0.25) is 0 Å². The Kier molecular flexibility index (Phi) is 1.76. The quantitative estimate of drug-likeness (QED) is 0.294. The van der Waals surface area contributed by atoms with Gasteiger partial charge in [-0.2, -0.15) is 0 Å². The standard InChI is InChI=1S/H4O2SSi/c1-3(2)4/h4H3,(H,1,2). The summed E-state index contributed by atoms with van der Waals surface area (Å²) in [6.45, 7) is 0. The molecule has 0 aliphatic rings. The Morgan fingerprint density at radius 1 is 2.00 bits per heavy atom. The molecule has 0 saturated carbocycles. The van der Waals surface area contributed by atoms with E-state index in [1.807, 2.05) is 0 Å². The van der Waals surface area contributed by atoms with Crippen molar-refractivity contribution in [2.45, 2.75) is 0 Å². The van der Waals surface area contributed by atoms with Crippen LogP contribution in [-0.4, -0.2) is 18.2 Å². The van der Waals surface area contributed by atoms with Crippen LogP contribution in [0.4, 0.5) is 0 Å². The Bertz CT molecular complexity index is 29.0. The van der Waals surface area contributed by atoms with Crippen molar-refractivity contribution in [2.24, 2.45) is 0 Å². The molecule has 0 spiro atoms. The number of hydrogen-bond donors (Lipinski definition) is 1. The van der Waals surface area contributed by atoms with E-state index in [1.54, 1.807) is 0 Å². The molecule has 26 valence electrons. The van der Waals surface area contributed by atoms with Crippen molar-refractivity contribution >= 4 is 19.9 Å². The molecule has 0 aliphatic carbocycles. The van der Waals surface area contributed by atoms with Crippen LogP contribution >= 0.6 is 0 Å². The lowest BCUT2D eigenvalue weighted by molar-refractivity contribution is 0.580. The van der Waals surface area contributed by atoms with E-state index >= 15 is 0 Å². The molecule has 0 rings (SSSR count). The second kappa shape index (κ2) is 1.63. The zero-order valence-electron chi connectivity index (χ0n) is 2.26. The number of rotatable bonds is 0. The molecule has 0 aromatic heterocycles. The highest BCUT2D eigenvalue weighted by molar-refractivity contribution is 8.02. The maximum Gasteiger partial charge on any atom is 0.146 e. The Balaban J connectivity index is 2.80. The lowest BCUT2D eigenvalue weighted by atomic mass is 15.9. The highest BCUT2D eigenvalue weighted by atomic mass is 32.4. The van der Waals surface area contributed by atoms with Gasteiger partial charge in [-0.05, 0) is 0 Å². The summed E-state index contributed by atoms with van der Waals surface area (Å²) >= 11 is 0. The lowest BCUT2D eigenvalue weighted by Crippen LogP contribution is -1.76. The van der Waals surface area contributed by atoms with E-state index in [-0.39, 0.29) is 0 Å². The van der Waals surface area contributed by atoms with Gasteiger partial charge in [0.2, 0.25) is 0 Å². The van der Waals surface area contributed by atoms with E-state index < -0.39 is 10.5 Å². The van der Waals surface area contributed by atoms with E-state index in [2.05, 4.69) is 0 Å². The van der Waals surface area contributed by atoms with Crippen LogP contribution in [-0.2, 0) is 10.5 Å². The summed E-state index contributed by atoms with van der Waals surface area (Å²) in [6, 6.07) is 0. The minimum atomic E-state index is -1.47. The molecule has 0 aliphatic heterocycles. The van der Waals surface area contributed by atoms with Crippen LogP contribution in [0.2, 0.25) is 0 Å². The van der Waals surface area contributed by atoms with Gasteiger partial charge in [0.15, 0.2) is 0 Å². The summed E-state index contributed by atoms with van der Waals surface area (Å²) in [5.74, 6) is 0. The molecular formula is H4O2SSi. The van der Waals surface area contributed by atoms with Crippen LogP contribution in [0, 0.1) is 0 Å². The third kappa shape index (κ3) is 38.3. The summed E-state index contributed by atoms with van der Waals surface area (Å²) in [6.07, 6.45) is 0. The zero-order chi connectivity index (χ0) is 3.58. The fourth-order valence-electron chi connectivity index (χ4n) is 0. The molecule has 0 amide bonds. The van der Waals surface area contributed by atoms with E-state index in [9.17, 15) is 4.21 Å². The minimum absolute atomic E-state index is 0.377. The van der Waals surface area contributed by atoms with Gasteiger partial charge >= 0.3 is 0 Å². The van der Waals surface area contributed by atoms with Gasteiger partial charge in [-0.1, -0.05) is 0 Å². The van der Waals surface area contributed by atoms with Crippen LogP contribution in [0.25, 0.3) is 0 Å². The first-order valence-electron chi connectivity index (χ1n) is 0.757. The van der Waals surface area contributed by atoms with E-state index in [1.165, 1.54) is 0 Å². The molecule has 0 radical (unpaired) electrons. The molecule has 4 heteroatoms. The van der Waals surface area contributed by atoms with Crippen molar-refractivity contribution in [2.75, 3.05) is 0 Å². The molecule has 0 heterocycles. The third-order valence-corrected chi connectivity index (χ3v) is 0. The van der Waals surface area contributed by atoms with E-state index in [0.29, 0.717) is 9.39 Å². The van der Waals surface area contributed by atoms with Crippen molar-refractivity contribution < 1.29 is 8.76 Å². The molecule has 1 atom stereocenters. The zero-order valence-corrected chi connectivity index (χ0v) is 5.08. The van der Waals surface area contributed by atoms with Crippen molar-refractivity contribution in [3.8, 4) is 0 Å². The van der Waals surface area contributed by atoms with Crippen molar-refractivity contribution in [1.29, 1.82) is 0 Å². The third-order valence-electron chi connectivity index (χ3n) is 0. The lowest BCUT2D eigenvalue weighted by Gasteiger charge is -1.60. The molecular weight excluding hydrogens is 92.2 g/mol. The highest BCUT2D eigenvalue weighted by Crippen LogP contribution is 1.42. The Morgan fingerprint density at radius 2 is 2.00 bits per heavy atom. The topological polar surface area (TPSA) is 37.3 Å². The molecule has 0 bridgehead atoms. The minimum Gasteiger partial charge on any atom is -0.312 e. The molecule has 0 fully saturated rings. The number of hydrogen-bond acceptors (Lipinski definition) is 1. The van der Waals surface area contributed by atoms with Gasteiger partial charge < -0.3 is 4.55 Å². The first kappa shape index (κ1) is 4.33. The molecule has 4 heavy (non-hydrogen) atoms. The largest absolute Gasteiger partial charge is 0.312 e.